The van der Waals surface area contributed by atoms with Gasteiger partial charge in [-0.15, -0.1) is 0 Å². The summed E-state index contributed by atoms with van der Waals surface area (Å²) in [5, 5.41) is 0. The van der Waals surface area contributed by atoms with E-state index in [0.29, 0.717) is 17.5 Å². The lowest BCUT2D eigenvalue weighted by molar-refractivity contribution is -0.883. The summed E-state index contributed by atoms with van der Waals surface area (Å²) in [7, 11) is 2.30. The Balaban J connectivity index is 3.44. The van der Waals surface area contributed by atoms with Crippen LogP contribution in [0.25, 0.3) is 0 Å². The fourth-order valence-electron chi connectivity index (χ4n) is 4.55. The number of nitrogens with zero attached hydrogens (tertiary/aromatic N) is 1. The van der Waals surface area contributed by atoms with Crippen LogP contribution >= 0.6 is 7.60 Å². The number of unbranched alkanes of at least 4 members (excludes halogenated alkanes) is 16. The summed E-state index contributed by atoms with van der Waals surface area (Å²) in [6.45, 7) is 4.63. The largest absolute Gasteiger partial charge is 0.385 e. The molecule has 1 N–H and O–H groups in total. The minimum absolute atomic E-state index is 0.351. The predicted molar refractivity (Wildman–Crippen MR) is 146 cm³/mol. The van der Waals surface area contributed by atoms with Crippen molar-refractivity contribution in [1.82, 2.24) is 0 Å². The predicted octanol–water partition coefficient (Wildman–Crippen LogP) is 9.23. The van der Waals surface area contributed by atoms with Gasteiger partial charge in [0.05, 0.1) is 27.7 Å². The van der Waals surface area contributed by atoms with Crippen LogP contribution in [0.3, 0.4) is 0 Å². The Kier molecular flexibility index (Phi) is 21.1. The fourth-order valence-corrected chi connectivity index (χ4v) is 6.45. The standard InChI is InChI=1S/C28H58NO3P/c1-6-8-9-10-11-12-13-14-15-16-17-18-19-20-21-22-23-24-25-26-27-32-33(30,31)28(7-2)29(3,4)5/h18-19,28H,6-17,20-27H2,1-5H3/p+1/b19-18-. The summed E-state index contributed by atoms with van der Waals surface area (Å²) in [5.74, 6) is -0.351. The van der Waals surface area contributed by atoms with Crippen LogP contribution in [0, 0.1) is 0 Å². The zero-order valence-electron chi connectivity index (χ0n) is 23.0. The van der Waals surface area contributed by atoms with Crippen molar-refractivity contribution in [2.45, 2.75) is 142 Å². The van der Waals surface area contributed by atoms with E-state index in [0.717, 1.165) is 12.8 Å². The zero-order chi connectivity index (χ0) is 24.8. The Hall–Kier alpha value is -0.150. The summed E-state index contributed by atoms with van der Waals surface area (Å²) >= 11 is 0. The number of quaternary nitrogens is 1. The first-order chi connectivity index (χ1) is 15.8. The number of hydrogen-bond acceptors (Lipinski definition) is 2. The van der Waals surface area contributed by atoms with Crippen LogP contribution in [-0.4, -0.2) is 42.9 Å². The van der Waals surface area contributed by atoms with Crippen LogP contribution < -0.4 is 0 Å². The smallest absolute Gasteiger partial charge is 0.320 e. The second-order valence-corrected chi connectivity index (χ2v) is 12.7. The van der Waals surface area contributed by atoms with Crippen molar-refractivity contribution in [3.63, 3.8) is 0 Å². The van der Waals surface area contributed by atoms with Crippen LogP contribution in [0.2, 0.25) is 0 Å². The molecule has 2 atom stereocenters. The molecule has 0 rings (SSSR count). The number of rotatable bonds is 24. The second-order valence-electron chi connectivity index (χ2n) is 10.8. The lowest BCUT2D eigenvalue weighted by atomic mass is 10.1. The zero-order valence-corrected chi connectivity index (χ0v) is 23.9. The van der Waals surface area contributed by atoms with Crippen LogP contribution in [0.1, 0.15) is 136 Å². The molecule has 198 valence electrons. The van der Waals surface area contributed by atoms with Crippen LogP contribution in [0.4, 0.5) is 0 Å². The third-order valence-corrected chi connectivity index (χ3v) is 8.93. The summed E-state index contributed by atoms with van der Waals surface area (Å²) in [6.07, 6.45) is 28.9. The highest BCUT2D eigenvalue weighted by molar-refractivity contribution is 7.53. The van der Waals surface area contributed by atoms with Crippen molar-refractivity contribution in [3.8, 4) is 0 Å². The molecule has 0 aliphatic carbocycles. The minimum Gasteiger partial charge on any atom is -0.320 e. The van der Waals surface area contributed by atoms with E-state index in [-0.39, 0.29) is 5.78 Å². The molecule has 0 saturated heterocycles. The summed E-state index contributed by atoms with van der Waals surface area (Å²) in [5.41, 5.74) is 0. The van der Waals surface area contributed by atoms with Crippen LogP contribution in [0.5, 0.6) is 0 Å². The molecule has 0 aromatic carbocycles. The molecular weight excluding hydrogens is 429 g/mol. The van der Waals surface area contributed by atoms with Gasteiger partial charge in [0.2, 0.25) is 0 Å². The maximum Gasteiger partial charge on any atom is 0.385 e. The molecule has 0 amide bonds. The monoisotopic (exact) mass is 488 g/mol. The van der Waals surface area contributed by atoms with E-state index >= 15 is 0 Å². The first kappa shape index (κ1) is 32.8. The van der Waals surface area contributed by atoms with Crippen molar-refractivity contribution < 1.29 is 18.5 Å². The molecule has 0 radical (unpaired) electrons. The Bertz CT molecular complexity index is 502. The molecule has 5 heteroatoms. The SMILES string of the molecule is CCCCCCCCCCCC/C=C\CCCCCCCCOP(=O)(O)C(CC)[N+](C)(C)C. The van der Waals surface area contributed by atoms with Crippen LogP contribution in [0.15, 0.2) is 12.2 Å². The van der Waals surface area contributed by atoms with E-state index in [1.165, 1.54) is 103 Å². The third-order valence-electron chi connectivity index (χ3n) is 6.57. The Morgan fingerprint density at radius 3 is 1.48 bits per heavy atom. The molecule has 0 bridgehead atoms. The average Bonchev–Trinajstić information content (AvgIpc) is 2.74. The van der Waals surface area contributed by atoms with Crippen molar-refractivity contribution >= 4 is 7.60 Å². The van der Waals surface area contributed by atoms with Gasteiger partial charge in [-0.2, -0.15) is 0 Å². The Morgan fingerprint density at radius 2 is 1.09 bits per heavy atom. The number of allylic oxidation sites excluding steroid dienone is 2. The summed E-state index contributed by atoms with van der Waals surface area (Å²) in [4.78, 5) is 10.3. The van der Waals surface area contributed by atoms with E-state index in [9.17, 15) is 9.46 Å². The molecular formula is C28H59NO3P+. The Morgan fingerprint density at radius 1 is 0.697 bits per heavy atom. The Labute approximate surface area is 207 Å². The van der Waals surface area contributed by atoms with Gasteiger partial charge in [0, 0.05) is 6.42 Å². The lowest BCUT2D eigenvalue weighted by Gasteiger charge is -2.35. The molecule has 0 aliphatic rings. The summed E-state index contributed by atoms with van der Waals surface area (Å²) in [6, 6.07) is 0. The highest BCUT2D eigenvalue weighted by atomic mass is 31.2. The molecule has 0 aromatic rings. The van der Waals surface area contributed by atoms with Crippen molar-refractivity contribution in [2.24, 2.45) is 0 Å². The first-order valence-corrected chi connectivity index (χ1v) is 15.8. The fraction of sp³-hybridized carbons (Fsp3) is 0.929. The molecule has 0 aliphatic heterocycles. The maximum atomic E-state index is 12.5. The van der Waals surface area contributed by atoms with Gasteiger partial charge in [-0.1, -0.05) is 109 Å². The van der Waals surface area contributed by atoms with Crippen molar-refractivity contribution in [1.29, 1.82) is 0 Å². The van der Waals surface area contributed by atoms with Gasteiger partial charge in [-0.3, -0.25) is 4.57 Å². The van der Waals surface area contributed by atoms with E-state index in [4.69, 9.17) is 4.52 Å². The van der Waals surface area contributed by atoms with E-state index < -0.39 is 7.60 Å². The molecule has 4 nitrogen and oxygen atoms in total. The van der Waals surface area contributed by atoms with E-state index in [2.05, 4.69) is 19.1 Å². The van der Waals surface area contributed by atoms with Gasteiger partial charge < -0.3 is 13.9 Å². The van der Waals surface area contributed by atoms with Gasteiger partial charge in [-0.25, -0.2) is 0 Å². The molecule has 0 aromatic heterocycles. The quantitative estimate of drug-likeness (QED) is 0.0637. The third kappa shape index (κ3) is 19.8. The molecule has 33 heavy (non-hydrogen) atoms. The molecule has 0 saturated carbocycles. The van der Waals surface area contributed by atoms with E-state index in [1.807, 2.05) is 28.1 Å². The van der Waals surface area contributed by atoms with Crippen LogP contribution in [-0.2, 0) is 9.09 Å². The molecule has 0 heterocycles. The molecule has 0 spiro atoms. The summed E-state index contributed by atoms with van der Waals surface area (Å²) < 4.78 is 18.4. The lowest BCUT2D eigenvalue weighted by Crippen LogP contribution is -2.44. The highest BCUT2D eigenvalue weighted by Crippen LogP contribution is 2.51. The molecule has 2 unspecified atom stereocenters. The number of hydrogen-bond donors (Lipinski definition) is 1. The normalized spacial score (nSPS) is 15.2. The van der Waals surface area contributed by atoms with Crippen molar-refractivity contribution in [2.75, 3.05) is 27.7 Å². The van der Waals surface area contributed by atoms with Gasteiger partial charge in [0.25, 0.3) is 0 Å². The van der Waals surface area contributed by atoms with Gasteiger partial charge in [0.15, 0.2) is 5.78 Å². The first-order valence-electron chi connectivity index (χ1n) is 14.2. The second kappa shape index (κ2) is 21.2. The average molecular weight is 489 g/mol. The topological polar surface area (TPSA) is 46.5 Å². The van der Waals surface area contributed by atoms with Crippen molar-refractivity contribution in [3.05, 3.63) is 12.2 Å². The van der Waals surface area contributed by atoms with Gasteiger partial charge in [-0.05, 0) is 32.1 Å². The van der Waals surface area contributed by atoms with Gasteiger partial charge >= 0.3 is 7.60 Å². The maximum absolute atomic E-state index is 12.5. The molecule has 0 fully saturated rings. The van der Waals surface area contributed by atoms with E-state index in [1.54, 1.807) is 0 Å². The highest BCUT2D eigenvalue weighted by Gasteiger charge is 2.41. The minimum atomic E-state index is -3.55. The van der Waals surface area contributed by atoms with Gasteiger partial charge in [0.1, 0.15) is 0 Å².